The summed E-state index contributed by atoms with van der Waals surface area (Å²) in [4.78, 5) is 12.4. The fraction of sp³-hybridized carbons (Fsp3) is 0.0455. The molecule has 1 amide bonds. The Morgan fingerprint density at radius 1 is 0.966 bits per heavy atom. The maximum absolute atomic E-state index is 13.2. The minimum Gasteiger partial charge on any atom is -0.348 e. The summed E-state index contributed by atoms with van der Waals surface area (Å²) in [6.45, 7) is 0.412. The molecule has 4 aromatic rings. The minimum absolute atomic E-state index is 0.177. The normalized spacial score (nSPS) is 10.7. The molecule has 0 unspecified atom stereocenters. The summed E-state index contributed by atoms with van der Waals surface area (Å²) < 4.78 is 14.8. The van der Waals surface area contributed by atoms with Crippen LogP contribution in [0.4, 0.5) is 4.39 Å². The Bertz CT molecular complexity index is 1120. The van der Waals surface area contributed by atoms with Gasteiger partial charge in [0.15, 0.2) is 0 Å². The number of amides is 1. The Kier molecular flexibility index (Phi) is 5.35. The van der Waals surface area contributed by atoms with Crippen molar-refractivity contribution in [2.75, 3.05) is 0 Å². The van der Waals surface area contributed by atoms with Gasteiger partial charge in [0.1, 0.15) is 5.82 Å². The zero-order chi connectivity index (χ0) is 20.2. The van der Waals surface area contributed by atoms with Gasteiger partial charge in [-0.25, -0.2) is 9.07 Å². The first-order valence-corrected chi connectivity index (χ1v) is 9.28. The Labute approximate surface area is 171 Å². The molecular formula is C22H16ClFN4O. The first-order valence-electron chi connectivity index (χ1n) is 8.90. The zero-order valence-electron chi connectivity index (χ0n) is 15.2. The SMILES string of the molecule is O=C(NCc1ccc(Cl)cc1)c1ccc(-n2nncc2-c2ccc(F)cc2)cc1. The van der Waals surface area contributed by atoms with Gasteiger partial charge in [0, 0.05) is 22.7 Å². The van der Waals surface area contributed by atoms with Gasteiger partial charge in [-0.1, -0.05) is 28.9 Å². The summed E-state index contributed by atoms with van der Waals surface area (Å²) in [6.07, 6.45) is 1.61. The van der Waals surface area contributed by atoms with Gasteiger partial charge in [-0.2, -0.15) is 0 Å². The van der Waals surface area contributed by atoms with Crippen LogP contribution in [0.5, 0.6) is 0 Å². The molecule has 0 spiro atoms. The van der Waals surface area contributed by atoms with E-state index in [0.717, 1.165) is 22.5 Å². The molecule has 0 aliphatic heterocycles. The zero-order valence-corrected chi connectivity index (χ0v) is 16.0. The monoisotopic (exact) mass is 406 g/mol. The number of carbonyl (C=O) groups is 1. The second kappa shape index (κ2) is 8.24. The summed E-state index contributed by atoms with van der Waals surface area (Å²) in [6, 6.07) is 20.5. The topological polar surface area (TPSA) is 59.8 Å². The van der Waals surface area contributed by atoms with Crippen LogP contribution in [0.25, 0.3) is 16.9 Å². The number of benzene rings is 3. The van der Waals surface area contributed by atoms with Crippen LogP contribution in [0.15, 0.2) is 79.0 Å². The van der Waals surface area contributed by atoms with Crippen LogP contribution in [0.3, 0.4) is 0 Å². The van der Waals surface area contributed by atoms with Crippen molar-refractivity contribution in [3.63, 3.8) is 0 Å². The Morgan fingerprint density at radius 2 is 1.66 bits per heavy atom. The standard InChI is InChI=1S/C22H16ClFN4O/c23-18-7-1-15(2-8-18)13-25-22(29)17-5-11-20(12-6-17)28-21(14-26-27-28)16-3-9-19(24)10-4-16/h1-12,14H,13H2,(H,25,29). The number of aromatic nitrogens is 3. The van der Waals surface area contributed by atoms with E-state index in [1.165, 1.54) is 12.1 Å². The number of nitrogens with one attached hydrogen (secondary N) is 1. The van der Waals surface area contributed by atoms with Crippen molar-refractivity contribution < 1.29 is 9.18 Å². The number of rotatable bonds is 5. The van der Waals surface area contributed by atoms with E-state index >= 15 is 0 Å². The highest BCUT2D eigenvalue weighted by Gasteiger charge is 2.11. The fourth-order valence-corrected chi connectivity index (χ4v) is 3.01. The molecule has 1 N–H and O–H groups in total. The summed E-state index contributed by atoms with van der Waals surface area (Å²) in [5.41, 5.74) is 3.76. The second-order valence-electron chi connectivity index (χ2n) is 6.39. The summed E-state index contributed by atoms with van der Waals surface area (Å²) in [5, 5.41) is 11.6. The maximum atomic E-state index is 13.2. The van der Waals surface area contributed by atoms with Gasteiger partial charge in [0.2, 0.25) is 0 Å². The van der Waals surface area contributed by atoms with E-state index in [1.54, 1.807) is 59.4 Å². The highest BCUT2D eigenvalue weighted by Crippen LogP contribution is 2.22. The lowest BCUT2D eigenvalue weighted by atomic mass is 10.1. The molecule has 0 aliphatic rings. The molecule has 0 atom stereocenters. The molecule has 7 heteroatoms. The molecule has 29 heavy (non-hydrogen) atoms. The van der Waals surface area contributed by atoms with Crippen LogP contribution in [0, 0.1) is 5.82 Å². The highest BCUT2D eigenvalue weighted by molar-refractivity contribution is 6.30. The molecule has 0 aliphatic carbocycles. The third-order valence-electron chi connectivity index (χ3n) is 4.43. The van der Waals surface area contributed by atoms with Gasteiger partial charge in [0.05, 0.1) is 17.6 Å². The first kappa shape index (κ1) is 18.8. The Balaban J connectivity index is 1.48. The predicted molar refractivity (Wildman–Crippen MR) is 109 cm³/mol. The number of hydrogen-bond donors (Lipinski definition) is 1. The van der Waals surface area contributed by atoms with Gasteiger partial charge in [-0.15, -0.1) is 5.10 Å². The largest absolute Gasteiger partial charge is 0.348 e. The average Bonchev–Trinajstić information content (AvgIpc) is 3.24. The predicted octanol–water partition coefficient (Wildman–Crippen LogP) is 4.66. The van der Waals surface area contributed by atoms with Gasteiger partial charge >= 0.3 is 0 Å². The van der Waals surface area contributed by atoms with Gasteiger partial charge < -0.3 is 5.32 Å². The molecule has 1 heterocycles. The number of hydrogen-bond acceptors (Lipinski definition) is 3. The molecular weight excluding hydrogens is 391 g/mol. The second-order valence-corrected chi connectivity index (χ2v) is 6.83. The third kappa shape index (κ3) is 4.33. The lowest BCUT2D eigenvalue weighted by Crippen LogP contribution is -2.22. The van der Waals surface area contributed by atoms with Crippen molar-refractivity contribution in [3.05, 3.63) is 101 Å². The van der Waals surface area contributed by atoms with Crippen molar-refractivity contribution in [2.24, 2.45) is 0 Å². The number of halogens is 2. The molecule has 4 rings (SSSR count). The third-order valence-corrected chi connectivity index (χ3v) is 4.68. The number of carbonyl (C=O) groups excluding carboxylic acids is 1. The lowest BCUT2D eigenvalue weighted by Gasteiger charge is -2.09. The van der Waals surface area contributed by atoms with Crippen LogP contribution in [0.2, 0.25) is 5.02 Å². The molecule has 0 saturated heterocycles. The van der Waals surface area contributed by atoms with E-state index in [0.29, 0.717) is 17.1 Å². The van der Waals surface area contributed by atoms with Gasteiger partial charge in [-0.05, 0) is 66.2 Å². The van der Waals surface area contributed by atoms with Crippen LogP contribution in [-0.4, -0.2) is 20.9 Å². The van der Waals surface area contributed by atoms with Crippen molar-refractivity contribution >= 4 is 17.5 Å². The van der Waals surface area contributed by atoms with Crippen LogP contribution in [0.1, 0.15) is 15.9 Å². The molecule has 0 saturated carbocycles. The van der Waals surface area contributed by atoms with E-state index < -0.39 is 0 Å². The molecule has 144 valence electrons. The van der Waals surface area contributed by atoms with E-state index in [-0.39, 0.29) is 11.7 Å². The molecule has 3 aromatic carbocycles. The molecule has 0 radical (unpaired) electrons. The summed E-state index contributed by atoms with van der Waals surface area (Å²) >= 11 is 5.87. The Hall–Kier alpha value is -3.51. The summed E-state index contributed by atoms with van der Waals surface area (Å²) in [5.74, 6) is -0.481. The van der Waals surface area contributed by atoms with Gasteiger partial charge in [-0.3, -0.25) is 4.79 Å². The first-order chi connectivity index (χ1) is 14.1. The Morgan fingerprint density at radius 3 is 2.34 bits per heavy atom. The molecule has 5 nitrogen and oxygen atoms in total. The van der Waals surface area contributed by atoms with Crippen molar-refractivity contribution in [1.82, 2.24) is 20.3 Å². The van der Waals surface area contributed by atoms with E-state index in [1.807, 2.05) is 12.1 Å². The van der Waals surface area contributed by atoms with Crippen molar-refractivity contribution in [1.29, 1.82) is 0 Å². The van der Waals surface area contributed by atoms with Crippen LogP contribution < -0.4 is 5.32 Å². The molecule has 0 bridgehead atoms. The van der Waals surface area contributed by atoms with E-state index in [9.17, 15) is 9.18 Å². The maximum Gasteiger partial charge on any atom is 0.251 e. The lowest BCUT2D eigenvalue weighted by molar-refractivity contribution is 0.0951. The molecule has 0 fully saturated rings. The average molecular weight is 407 g/mol. The quantitative estimate of drug-likeness (QED) is 0.524. The van der Waals surface area contributed by atoms with Crippen molar-refractivity contribution in [3.8, 4) is 16.9 Å². The van der Waals surface area contributed by atoms with Gasteiger partial charge in [0.25, 0.3) is 5.91 Å². The van der Waals surface area contributed by atoms with Crippen LogP contribution >= 0.6 is 11.6 Å². The smallest absolute Gasteiger partial charge is 0.251 e. The van der Waals surface area contributed by atoms with Crippen molar-refractivity contribution in [2.45, 2.75) is 6.54 Å². The summed E-state index contributed by atoms with van der Waals surface area (Å²) in [7, 11) is 0. The van der Waals surface area contributed by atoms with Crippen LogP contribution in [-0.2, 0) is 6.54 Å². The van der Waals surface area contributed by atoms with E-state index in [2.05, 4.69) is 15.6 Å². The molecule has 1 aromatic heterocycles. The fourth-order valence-electron chi connectivity index (χ4n) is 2.88. The highest BCUT2D eigenvalue weighted by atomic mass is 35.5. The minimum atomic E-state index is -0.304. The number of nitrogens with zero attached hydrogens (tertiary/aromatic N) is 3. The van der Waals surface area contributed by atoms with E-state index in [4.69, 9.17) is 11.6 Å².